The van der Waals surface area contributed by atoms with E-state index in [1.54, 1.807) is 7.05 Å². The van der Waals surface area contributed by atoms with Crippen LogP contribution in [0, 0.1) is 0 Å². The Labute approximate surface area is 137 Å². The lowest BCUT2D eigenvalue weighted by Crippen LogP contribution is -2.48. The van der Waals surface area contributed by atoms with E-state index < -0.39 is 0 Å². The van der Waals surface area contributed by atoms with E-state index in [0.29, 0.717) is 0 Å². The van der Waals surface area contributed by atoms with Crippen LogP contribution >= 0.6 is 35.6 Å². The van der Waals surface area contributed by atoms with Crippen molar-refractivity contribution in [3.63, 3.8) is 0 Å². The third kappa shape index (κ3) is 3.75. The fourth-order valence-electron chi connectivity index (χ4n) is 2.51. The summed E-state index contributed by atoms with van der Waals surface area (Å²) in [6.45, 7) is 0.919. The second-order valence-electron chi connectivity index (χ2n) is 4.82. The Kier molecular flexibility index (Phi) is 6.39. The van der Waals surface area contributed by atoms with Gasteiger partial charge in [-0.1, -0.05) is 30.2 Å². The summed E-state index contributed by atoms with van der Waals surface area (Å²) in [5.74, 6) is 0.843. The molecule has 1 fully saturated rings. The van der Waals surface area contributed by atoms with E-state index in [1.165, 1.54) is 24.8 Å². The van der Waals surface area contributed by atoms with Crippen molar-refractivity contribution in [2.24, 2.45) is 4.99 Å². The highest BCUT2D eigenvalue weighted by Gasteiger charge is 2.38. The minimum atomic E-state index is 0. The van der Waals surface area contributed by atoms with Crippen LogP contribution in [0.3, 0.4) is 0 Å². The molecule has 1 aromatic rings. The van der Waals surface area contributed by atoms with Crippen LogP contribution in [0.4, 0.5) is 0 Å². The molecule has 2 rings (SSSR count). The first-order valence-corrected chi connectivity index (χ1v) is 6.72. The smallest absolute Gasteiger partial charge is 0.190 e. The molecule has 1 aromatic carbocycles. The molecular formula is C14H21ClIN3. The number of hydrogen-bond donors (Lipinski definition) is 2. The summed E-state index contributed by atoms with van der Waals surface area (Å²) in [6, 6.07) is 8.24. The number of benzene rings is 1. The van der Waals surface area contributed by atoms with Crippen molar-refractivity contribution in [1.29, 1.82) is 0 Å². The number of nitrogens with one attached hydrogen (secondary N) is 2. The lowest BCUT2D eigenvalue weighted by molar-refractivity contribution is 0.244. The first kappa shape index (κ1) is 16.6. The van der Waals surface area contributed by atoms with Gasteiger partial charge >= 0.3 is 0 Å². The van der Waals surface area contributed by atoms with Gasteiger partial charge in [0.15, 0.2) is 5.96 Å². The van der Waals surface area contributed by atoms with Crippen molar-refractivity contribution < 1.29 is 0 Å². The maximum absolute atomic E-state index is 5.95. The summed E-state index contributed by atoms with van der Waals surface area (Å²) in [6.07, 6.45) is 3.74. The molecule has 0 amide bonds. The first-order valence-electron chi connectivity index (χ1n) is 6.35. The third-order valence-electron chi connectivity index (χ3n) is 3.82. The van der Waals surface area contributed by atoms with Crippen molar-refractivity contribution in [3.8, 4) is 0 Å². The summed E-state index contributed by atoms with van der Waals surface area (Å²) in [4.78, 5) is 4.15. The molecular weight excluding hydrogens is 373 g/mol. The largest absolute Gasteiger partial charge is 0.359 e. The fourth-order valence-corrected chi connectivity index (χ4v) is 2.63. The highest BCUT2D eigenvalue weighted by atomic mass is 127. The van der Waals surface area contributed by atoms with Crippen molar-refractivity contribution in [3.05, 3.63) is 34.9 Å². The zero-order valence-electron chi connectivity index (χ0n) is 11.4. The Morgan fingerprint density at radius 2 is 1.95 bits per heavy atom. The number of guanidine groups is 1. The SMILES string of the molecule is CN=C(NC)NCC1(c2ccc(Cl)cc2)CCC1.I. The summed E-state index contributed by atoms with van der Waals surface area (Å²) >= 11 is 5.95. The Bertz CT molecular complexity index is 427. The predicted molar refractivity (Wildman–Crippen MR) is 92.8 cm³/mol. The molecule has 1 saturated carbocycles. The van der Waals surface area contributed by atoms with Gasteiger partial charge in [0.2, 0.25) is 0 Å². The van der Waals surface area contributed by atoms with Crippen LogP contribution in [-0.4, -0.2) is 26.6 Å². The molecule has 19 heavy (non-hydrogen) atoms. The van der Waals surface area contributed by atoms with Crippen LogP contribution in [0.25, 0.3) is 0 Å². The van der Waals surface area contributed by atoms with E-state index in [1.807, 2.05) is 19.2 Å². The Morgan fingerprint density at radius 3 is 2.37 bits per heavy atom. The van der Waals surface area contributed by atoms with Crippen molar-refractivity contribution in [2.75, 3.05) is 20.6 Å². The van der Waals surface area contributed by atoms with Crippen LogP contribution in [0.2, 0.25) is 5.02 Å². The summed E-state index contributed by atoms with van der Waals surface area (Å²) in [5.41, 5.74) is 1.62. The summed E-state index contributed by atoms with van der Waals surface area (Å²) in [7, 11) is 3.67. The number of aliphatic imine (C=N–C) groups is 1. The van der Waals surface area contributed by atoms with Gasteiger partial charge < -0.3 is 10.6 Å². The van der Waals surface area contributed by atoms with Gasteiger partial charge in [-0.25, -0.2) is 0 Å². The van der Waals surface area contributed by atoms with Crippen molar-refractivity contribution in [1.82, 2.24) is 10.6 Å². The Balaban J connectivity index is 0.00000180. The van der Waals surface area contributed by atoms with E-state index in [0.717, 1.165) is 17.5 Å². The molecule has 1 aliphatic carbocycles. The molecule has 0 radical (unpaired) electrons. The summed E-state index contributed by atoms with van der Waals surface area (Å²) in [5, 5.41) is 7.23. The van der Waals surface area contributed by atoms with E-state index in [4.69, 9.17) is 11.6 Å². The van der Waals surface area contributed by atoms with Crippen LogP contribution in [-0.2, 0) is 5.41 Å². The van der Waals surface area contributed by atoms with E-state index in [2.05, 4.69) is 27.8 Å². The normalized spacial score (nSPS) is 17.1. The quantitative estimate of drug-likeness (QED) is 0.470. The number of nitrogens with zero attached hydrogens (tertiary/aromatic N) is 1. The molecule has 0 atom stereocenters. The zero-order valence-corrected chi connectivity index (χ0v) is 14.5. The molecule has 0 bridgehead atoms. The lowest BCUT2D eigenvalue weighted by Gasteiger charge is -2.43. The monoisotopic (exact) mass is 393 g/mol. The maximum Gasteiger partial charge on any atom is 0.190 e. The van der Waals surface area contributed by atoms with Crippen molar-refractivity contribution >= 4 is 41.5 Å². The van der Waals surface area contributed by atoms with E-state index in [-0.39, 0.29) is 29.4 Å². The van der Waals surface area contributed by atoms with Crippen LogP contribution in [0.5, 0.6) is 0 Å². The van der Waals surface area contributed by atoms with Gasteiger partial charge in [0.25, 0.3) is 0 Å². The molecule has 0 unspecified atom stereocenters. The fraction of sp³-hybridized carbons (Fsp3) is 0.500. The number of hydrogen-bond acceptors (Lipinski definition) is 1. The van der Waals surface area contributed by atoms with E-state index >= 15 is 0 Å². The maximum atomic E-state index is 5.95. The van der Waals surface area contributed by atoms with E-state index in [9.17, 15) is 0 Å². The molecule has 5 heteroatoms. The second-order valence-corrected chi connectivity index (χ2v) is 5.25. The Morgan fingerprint density at radius 1 is 1.32 bits per heavy atom. The predicted octanol–water partition coefficient (Wildman–Crippen LogP) is 3.17. The van der Waals surface area contributed by atoms with Gasteiger partial charge in [0, 0.05) is 31.1 Å². The third-order valence-corrected chi connectivity index (χ3v) is 4.07. The molecule has 106 valence electrons. The highest BCUT2D eigenvalue weighted by Crippen LogP contribution is 2.43. The molecule has 0 spiro atoms. The van der Waals surface area contributed by atoms with Gasteiger partial charge in [-0.05, 0) is 30.5 Å². The van der Waals surface area contributed by atoms with Gasteiger partial charge in [0.1, 0.15) is 0 Å². The molecule has 0 aliphatic heterocycles. The van der Waals surface area contributed by atoms with Crippen LogP contribution < -0.4 is 10.6 Å². The molecule has 0 heterocycles. The first-order chi connectivity index (χ1) is 8.70. The second kappa shape index (κ2) is 7.33. The molecule has 1 aliphatic rings. The zero-order chi connectivity index (χ0) is 13.0. The molecule has 2 N–H and O–H groups in total. The molecule has 3 nitrogen and oxygen atoms in total. The van der Waals surface area contributed by atoms with Crippen molar-refractivity contribution in [2.45, 2.75) is 24.7 Å². The van der Waals surface area contributed by atoms with Crippen LogP contribution in [0.15, 0.2) is 29.3 Å². The summed E-state index contributed by atoms with van der Waals surface area (Å²) < 4.78 is 0. The van der Waals surface area contributed by atoms with Crippen LogP contribution in [0.1, 0.15) is 24.8 Å². The topological polar surface area (TPSA) is 36.4 Å². The minimum absolute atomic E-state index is 0. The number of halogens is 2. The van der Waals surface area contributed by atoms with Gasteiger partial charge in [0.05, 0.1) is 0 Å². The number of rotatable bonds is 3. The van der Waals surface area contributed by atoms with Gasteiger partial charge in [-0.15, -0.1) is 24.0 Å². The van der Waals surface area contributed by atoms with Gasteiger partial charge in [-0.3, -0.25) is 4.99 Å². The lowest BCUT2D eigenvalue weighted by atomic mass is 9.64. The average molecular weight is 394 g/mol. The minimum Gasteiger partial charge on any atom is -0.359 e. The molecule has 0 aromatic heterocycles. The standard InChI is InChI=1S/C14H20ClN3.HI/c1-16-13(17-2)18-10-14(8-3-9-14)11-4-6-12(15)7-5-11;/h4-7H,3,8-10H2,1-2H3,(H2,16,17,18);1H. The highest BCUT2D eigenvalue weighted by molar-refractivity contribution is 14.0. The van der Waals surface area contributed by atoms with Gasteiger partial charge in [-0.2, -0.15) is 0 Å². The molecule has 0 saturated heterocycles. The Hall–Kier alpha value is -0.490. The average Bonchev–Trinajstić information content (AvgIpc) is 2.34.